The van der Waals surface area contributed by atoms with Crippen molar-refractivity contribution in [2.45, 2.75) is 13.3 Å². The fourth-order valence-corrected chi connectivity index (χ4v) is 4.34. The molecule has 2 heterocycles. The summed E-state index contributed by atoms with van der Waals surface area (Å²) in [4.78, 5) is 28.3. The summed E-state index contributed by atoms with van der Waals surface area (Å²) in [6, 6.07) is 4.92. The molecule has 5 nitrogen and oxygen atoms in total. The number of aryl methyl sites for hydroxylation is 1. The van der Waals surface area contributed by atoms with Crippen molar-refractivity contribution >= 4 is 33.2 Å². The highest BCUT2D eigenvalue weighted by molar-refractivity contribution is 7.21. The Kier molecular flexibility index (Phi) is 4.82. The standard InChI is InChI=1S/C17H20FN3O2S/c1-11-15-12(18)4-2-5-13(15)24-16(11)17(23)21-7-3-6-20(8-9-21)10-14(19)22/h2,4-5H,3,6-10H2,1H3,(H2,19,22). The molecule has 0 aliphatic carbocycles. The van der Waals surface area contributed by atoms with Crippen molar-refractivity contribution in [2.75, 3.05) is 32.7 Å². The molecular formula is C17H20FN3O2S. The number of nitrogens with zero attached hydrogens (tertiary/aromatic N) is 2. The van der Waals surface area contributed by atoms with Crippen LogP contribution in [0.5, 0.6) is 0 Å². The Morgan fingerprint density at radius 2 is 2.04 bits per heavy atom. The van der Waals surface area contributed by atoms with Crippen LogP contribution in [0.1, 0.15) is 21.7 Å². The molecule has 2 amide bonds. The summed E-state index contributed by atoms with van der Waals surface area (Å²) in [5.74, 6) is -0.705. The van der Waals surface area contributed by atoms with Crippen LogP contribution in [0, 0.1) is 12.7 Å². The Bertz CT molecular complexity index is 789. The van der Waals surface area contributed by atoms with Crippen molar-refractivity contribution in [3.8, 4) is 0 Å². The van der Waals surface area contributed by atoms with Gasteiger partial charge in [0.15, 0.2) is 0 Å². The molecule has 24 heavy (non-hydrogen) atoms. The molecule has 1 saturated heterocycles. The van der Waals surface area contributed by atoms with Gasteiger partial charge in [-0.1, -0.05) is 6.07 Å². The van der Waals surface area contributed by atoms with E-state index >= 15 is 0 Å². The SMILES string of the molecule is Cc1c(C(=O)N2CCCN(CC(N)=O)CC2)sc2cccc(F)c12. The second-order valence-corrected chi connectivity index (χ2v) is 7.11. The minimum Gasteiger partial charge on any atom is -0.369 e. The van der Waals surface area contributed by atoms with Gasteiger partial charge in [0.25, 0.3) is 5.91 Å². The Balaban J connectivity index is 1.81. The van der Waals surface area contributed by atoms with Crippen molar-refractivity contribution in [3.63, 3.8) is 0 Å². The van der Waals surface area contributed by atoms with E-state index in [1.807, 2.05) is 11.0 Å². The fourth-order valence-electron chi connectivity index (χ4n) is 3.15. The number of primary amides is 1. The summed E-state index contributed by atoms with van der Waals surface area (Å²) < 4.78 is 14.8. The summed E-state index contributed by atoms with van der Waals surface area (Å²) in [7, 11) is 0. The van der Waals surface area contributed by atoms with Crippen LogP contribution in [0.25, 0.3) is 10.1 Å². The van der Waals surface area contributed by atoms with Gasteiger partial charge >= 0.3 is 0 Å². The van der Waals surface area contributed by atoms with Gasteiger partial charge in [-0.2, -0.15) is 0 Å². The van der Waals surface area contributed by atoms with Gasteiger partial charge in [0.2, 0.25) is 5.91 Å². The highest BCUT2D eigenvalue weighted by atomic mass is 32.1. The molecule has 1 aliphatic rings. The predicted octanol–water partition coefficient (Wildman–Crippen LogP) is 1.98. The molecule has 0 spiro atoms. The number of halogens is 1. The van der Waals surface area contributed by atoms with E-state index in [0.717, 1.165) is 17.7 Å². The normalized spacial score (nSPS) is 16.3. The zero-order valence-electron chi connectivity index (χ0n) is 13.5. The maximum absolute atomic E-state index is 14.0. The summed E-state index contributed by atoms with van der Waals surface area (Å²) in [5.41, 5.74) is 5.95. The van der Waals surface area contributed by atoms with Crippen molar-refractivity contribution in [3.05, 3.63) is 34.5 Å². The molecule has 1 fully saturated rings. The van der Waals surface area contributed by atoms with Gasteiger partial charge in [0.1, 0.15) is 5.82 Å². The van der Waals surface area contributed by atoms with Crippen LogP contribution in [0.3, 0.4) is 0 Å². The smallest absolute Gasteiger partial charge is 0.264 e. The van der Waals surface area contributed by atoms with Gasteiger partial charge in [-0.3, -0.25) is 14.5 Å². The van der Waals surface area contributed by atoms with Gasteiger partial charge in [-0.05, 0) is 31.0 Å². The summed E-state index contributed by atoms with van der Waals surface area (Å²) in [5, 5.41) is 0.538. The highest BCUT2D eigenvalue weighted by Gasteiger charge is 2.25. The van der Waals surface area contributed by atoms with E-state index in [2.05, 4.69) is 0 Å². The molecule has 128 valence electrons. The van der Waals surface area contributed by atoms with E-state index in [-0.39, 0.29) is 24.2 Å². The first-order valence-electron chi connectivity index (χ1n) is 7.95. The van der Waals surface area contributed by atoms with E-state index in [9.17, 15) is 14.0 Å². The number of fused-ring (bicyclic) bond motifs is 1. The monoisotopic (exact) mass is 349 g/mol. The molecule has 1 aromatic carbocycles. The summed E-state index contributed by atoms with van der Waals surface area (Å²) >= 11 is 1.34. The van der Waals surface area contributed by atoms with Gasteiger partial charge in [-0.25, -0.2) is 4.39 Å². The molecule has 0 bridgehead atoms. The Labute approximate surface area is 143 Å². The zero-order chi connectivity index (χ0) is 17.3. The molecule has 0 radical (unpaired) electrons. The number of nitrogens with two attached hydrogens (primary N) is 1. The number of carbonyl (C=O) groups is 2. The number of carbonyl (C=O) groups excluding carboxylic acids is 2. The van der Waals surface area contributed by atoms with E-state index < -0.39 is 0 Å². The van der Waals surface area contributed by atoms with E-state index in [4.69, 9.17) is 5.73 Å². The van der Waals surface area contributed by atoms with Crippen LogP contribution >= 0.6 is 11.3 Å². The van der Waals surface area contributed by atoms with Gasteiger partial charge < -0.3 is 10.6 Å². The minimum absolute atomic E-state index is 0.0611. The first kappa shape index (κ1) is 16.9. The quantitative estimate of drug-likeness (QED) is 0.921. The van der Waals surface area contributed by atoms with Gasteiger partial charge in [0.05, 0.1) is 11.4 Å². The zero-order valence-corrected chi connectivity index (χ0v) is 14.4. The average Bonchev–Trinajstić information content (AvgIpc) is 2.71. The maximum atomic E-state index is 14.0. The van der Waals surface area contributed by atoms with E-state index in [0.29, 0.717) is 35.5 Å². The molecule has 2 aromatic rings. The first-order valence-corrected chi connectivity index (χ1v) is 8.76. The molecule has 3 rings (SSSR count). The van der Waals surface area contributed by atoms with Crippen molar-refractivity contribution in [1.29, 1.82) is 0 Å². The predicted molar refractivity (Wildman–Crippen MR) is 92.7 cm³/mol. The molecule has 1 aromatic heterocycles. The molecule has 1 aliphatic heterocycles. The number of hydrogen-bond acceptors (Lipinski definition) is 4. The molecule has 0 atom stereocenters. The average molecular weight is 349 g/mol. The van der Waals surface area contributed by atoms with Crippen LogP contribution in [0.4, 0.5) is 4.39 Å². The van der Waals surface area contributed by atoms with Crippen molar-refractivity contribution in [2.24, 2.45) is 5.73 Å². The van der Waals surface area contributed by atoms with Crippen LogP contribution in [0.2, 0.25) is 0 Å². The molecule has 7 heteroatoms. The maximum Gasteiger partial charge on any atom is 0.264 e. The van der Waals surface area contributed by atoms with Crippen LogP contribution < -0.4 is 5.73 Å². The lowest BCUT2D eigenvalue weighted by atomic mass is 10.1. The largest absolute Gasteiger partial charge is 0.369 e. The van der Waals surface area contributed by atoms with Gasteiger partial charge in [0, 0.05) is 36.3 Å². The summed E-state index contributed by atoms with van der Waals surface area (Å²) in [6.07, 6.45) is 0.789. The second kappa shape index (κ2) is 6.86. The summed E-state index contributed by atoms with van der Waals surface area (Å²) in [6.45, 7) is 4.55. The lowest BCUT2D eigenvalue weighted by Crippen LogP contribution is -2.38. The second-order valence-electron chi connectivity index (χ2n) is 6.06. The Hall–Kier alpha value is -1.99. The third-order valence-electron chi connectivity index (χ3n) is 4.35. The number of rotatable bonds is 3. The first-order chi connectivity index (χ1) is 11.5. The van der Waals surface area contributed by atoms with Crippen LogP contribution in [-0.2, 0) is 4.79 Å². The van der Waals surface area contributed by atoms with Crippen LogP contribution in [0.15, 0.2) is 18.2 Å². The number of thiophene rings is 1. The number of hydrogen-bond donors (Lipinski definition) is 1. The molecular weight excluding hydrogens is 329 g/mol. The highest BCUT2D eigenvalue weighted by Crippen LogP contribution is 2.33. The molecule has 0 saturated carbocycles. The fraction of sp³-hybridized carbons (Fsp3) is 0.412. The van der Waals surface area contributed by atoms with Crippen molar-refractivity contribution in [1.82, 2.24) is 9.80 Å². The third-order valence-corrected chi connectivity index (χ3v) is 5.60. The van der Waals surface area contributed by atoms with Gasteiger partial charge in [-0.15, -0.1) is 11.3 Å². The molecule has 2 N–H and O–H groups in total. The van der Waals surface area contributed by atoms with E-state index in [1.165, 1.54) is 17.4 Å². The Morgan fingerprint density at radius 3 is 2.75 bits per heavy atom. The minimum atomic E-state index is -0.356. The number of amides is 2. The topological polar surface area (TPSA) is 66.6 Å². The Morgan fingerprint density at radius 1 is 1.25 bits per heavy atom. The van der Waals surface area contributed by atoms with Crippen LogP contribution in [-0.4, -0.2) is 54.3 Å². The lowest BCUT2D eigenvalue weighted by molar-refractivity contribution is -0.119. The third kappa shape index (κ3) is 3.27. The van der Waals surface area contributed by atoms with E-state index in [1.54, 1.807) is 17.9 Å². The van der Waals surface area contributed by atoms with Crippen molar-refractivity contribution < 1.29 is 14.0 Å². The molecule has 0 unspecified atom stereocenters. The lowest BCUT2D eigenvalue weighted by Gasteiger charge is -2.21. The number of benzene rings is 1.